The van der Waals surface area contributed by atoms with Crippen molar-refractivity contribution in [3.8, 4) is 5.88 Å². The number of aliphatic hydroxyl groups is 1. The van der Waals surface area contributed by atoms with E-state index in [1.54, 1.807) is 12.4 Å². The van der Waals surface area contributed by atoms with Crippen LogP contribution in [0.1, 0.15) is 38.8 Å². The van der Waals surface area contributed by atoms with Gasteiger partial charge in [0, 0.05) is 6.20 Å². The van der Waals surface area contributed by atoms with Crippen LogP contribution >= 0.6 is 0 Å². The van der Waals surface area contributed by atoms with Crippen LogP contribution < -0.4 is 4.74 Å². The predicted octanol–water partition coefficient (Wildman–Crippen LogP) is 1.75. The van der Waals surface area contributed by atoms with Crippen molar-refractivity contribution in [2.45, 2.75) is 39.2 Å². The lowest BCUT2D eigenvalue weighted by atomic mass is 10.1. The first-order valence-electron chi connectivity index (χ1n) is 5.26. The molecular formula is C11H18N2O2. The number of hydrogen-bond acceptors (Lipinski definition) is 4. The normalized spacial score (nSPS) is 12.9. The molecule has 0 bridgehead atoms. The fourth-order valence-corrected chi connectivity index (χ4v) is 1.01. The minimum atomic E-state index is -0.436. The molecule has 0 saturated heterocycles. The molecule has 1 aromatic rings. The summed E-state index contributed by atoms with van der Waals surface area (Å²) in [5, 5.41) is 9.32. The Morgan fingerprint density at radius 1 is 1.40 bits per heavy atom. The molecule has 0 amide bonds. The summed E-state index contributed by atoms with van der Waals surface area (Å²) in [4.78, 5) is 8.32. The maximum atomic E-state index is 9.32. The lowest BCUT2D eigenvalue weighted by Crippen LogP contribution is -2.16. The summed E-state index contributed by atoms with van der Waals surface area (Å²) < 4.78 is 5.33. The van der Waals surface area contributed by atoms with Crippen molar-refractivity contribution >= 4 is 0 Å². The first kappa shape index (κ1) is 11.9. The molecule has 0 fully saturated rings. The lowest BCUT2D eigenvalue weighted by molar-refractivity contribution is 0.101. The molecular weight excluding hydrogens is 192 g/mol. The van der Waals surface area contributed by atoms with Gasteiger partial charge < -0.3 is 9.84 Å². The molecule has 1 aromatic heterocycles. The van der Waals surface area contributed by atoms with E-state index in [0.717, 1.165) is 5.69 Å². The van der Waals surface area contributed by atoms with Gasteiger partial charge in [0.2, 0.25) is 5.88 Å². The largest absolute Gasteiger partial charge is 0.474 e. The maximum Gasteiger partial charge on any atom is 0.232 e. The van der Waals surface area contributed by atoms with Gasteiger partial charge >= 0.3 is 0 Å². The second-order valence-corrected chi connectivity index (χ2v) is 3.81. The molecule has 15 heavy (non-hydrogen) atoms. The van der Waals surface area contributed by atoms with Gasteiger partial charge in [-0.1, -0.05) is 20.8 Å². The fraction of sp³-hybridized carbons (Fsp3) is 0.636. The van der Waals surface area contributed by atoms with Crippen LogP contribution in [-0.4, -0.2) is 27.8 Å². The molecule has 1 heterocycles. The molecule has 0 unspecified atom stereocenters. The van der Waals surface area contributed by atoms with Crippen LogP contribution in [0.15, 0.2) is 12.4 Å². The van der Waals surface area contributed by atoms with Crippen molar-refractivity contribution in [1.82, 2.24) is 9.97 Å². The highest BCUT2D eigenvalue weighted by atomic mass is 16.5. The SMILES string of the molecule is CC[C@H](O)COc1cncc(C(C)C)n1. The van der Waals surface area contributed by atoms with E-state index in [1.165, 1.54) is 0 Å². The van der Waals surface area contributed by atoms with Crippen LogP contribution in [0, 0.1) is 0 Å². The number of hydrogen-bond donors (Lipinski definition) is 1. The highest BCUT2D eigenvalue weighted by Gasteiger charge is 2.06. The van der Waals surface area contributed by atoms with Gasteiger partial charge in [0.05, 0.1) is 18.0 Å². The smallest absolute Gasteiger partial charge is 0.232 e. The van der Waals surface area contributed by atoms with Crippen LogP contribution in [0.5, 0.6) is 5.88 Å². The Bertz CT molecular complexity index is 302. The Hall–Kier alpha value is -1.16. The molecule has 0 aromatic carbocycles. The second-order valence-electron chi connectivity index (χ2n) is 3.81. The third-order valence-electron chi connectivity index (χ3n) is 2.12. The molecule has 1 N–H and O–H groups in total. The highest BCUT2D eigenvalue weighted by molar-refractivity contribution is 5.10. The van der Waals surface area contributed by atoms with Crippen LogP contribution in [-0.2, 0) is 0 Å². The Morgan fingerprint density at radius 3 is 2.73 bits per heavy atom. The molecule has 0 aliphatic rings. The van der Waals surface area contributed by atoms with Gasteiger partial charge in [-0.15, -0.1) is 0 Å². The minimum Gasteiger partial charge on any atom is -0.474 e. The van der Waals surface area contributed by atoms with Crippen LogP contribution in [0.2, 0.25) is 0 Å². The summed E-state index contributed by atoms with van der Waals surface area (Å²) in [5.41, 5.74) is 0.901. The van der Waals surface area contributed by atoms with Gasteiger partial charge in [-0.2, -0.15) is 0 Å². The zero-order chi connectivity index (χ0) is 11.3. The van der Waals surface area contributed by atoms with Crippen LogP contribution in [0.25, 0.3) is 0 Å². The van der Waals surface area contributed by atoms with E-state index >= 15 is 0 Å². The van der Waals surface area contributed by atoms with Crippen molar-refractivity contribution in [3.63, 3.8) is 0 Å². The number of rotatable bonds is 5. The third-order valence-corrected chi connectivity index (χ3v) is 2.12. The molecule has 0 spiro atoms. The summed E-state index contributed by atoms with van der Waals surface area (Å²) in [6.07, 6.45) is 3.54. The van der Waals surface area contributed by atoms with Crippen molar-refractivity contribution in [3.05, 3.63) is 18.1 Å². The Labute approximate surface area is 90.3 Å². The second kappa shape index (κ2) is 5.66. The Balaban J connectivity index is 2.58. The van der Waals surface area contributed by atoms with Crippen molar-refractivity contribution in [2.24, 2.45) is 0 Å². The van der Waals surface area contributed by atoms with E-state index in [0.29, 0.717) is 18.2 Å². The topological polar surface area (TPSA) is 55.2 Å². The molecule has 0 radical (unpaired) electrons. The van der Waals surface area contributed by atoms with Gasteiger partial charge in [0.15, 0.2) is 0 Å². The first-order valence-corrected chi connectivity index (χ1v) is 5.26. The molecule has 1 rings (SSSR count). The number of aromatic nitrogens is 2. The van der Waals surface area contributed by atoms with Crippen molar-refractivity contribution in [1.29, 1.82) is 0 Å². The molecule has 0 aliphatic heterocycles. The standard InChI is InChI=1S/C11H18N2O2/c1-4-9(14)7-15-11-6-12-5-10(13-11)8(2)3/h5-6,8-9,14H,4,7H2,1-3H3/t9-/m0/s1. The molecule has 0 saturated carbocycles. The average Bonchev–Trinajstić information content (AvgIpc) is 2.26. The Kier molecular flexibility index (Phi) is 4.49. The zero-order valence-electron chi connectivity index (χ0n) is 9.47. The average molecular weight is 210 g/mol. The first-order chi connectivity index (χ1) is 7.13. The quantitative estimate of drug-likeness (QED) is 0.804. The van der Waals surface area contributed by atoms with Crippen molar-refractivity contribution < 1.29 is 9.84 Å². The van der Waals surface area contributed by atoms with Gasteiger partial charge in [0.1, 0.15) is 6.61 Å². The summed E-state index contributed by atoms with van der Waals surface area (Å²) in [6, 6.07) is 0. The number of ether oxygens (including phenoxy) is 1. The summed E-state index contributed by atoms with van der Waals surface area (Å²) in [7, 11) is 0. The van der Waals surface area contributed by atoms with E-state index in [4.69, 9.17) is 4.74 Å². The van der Waals surface area contributed by atoms with E-state index in [2.05, 4.69) is 23.8 Å². The number of nitrogens with zero attached hydrogens (tertiary/aromatic N) is 2. The van der Waals surface area contributed by atoms with E-state index in [1.807, 2.05) is 6.92 Å². The molecule has 0 aliphatic carbocycles. The van der Waals surface area contributed by atoms with Crippen LogP contribution in [0.3, 0.4) is 0 Å². The van der Waals surface area contributed by atoms with Gasteiger partial charge in [-0.3, -0.25) is 4.98 Å². The summed E-state index contributed by atoms with van der Waals surface area (Å²) in [6.45, 7) is 6.28. The minimum absolute atomic E-state index is 0.271. The fourth-order valence-electron chi connectivity index (χ4n) is 1.01. The predicted molar refractivity (Wildman–Crippen MR) is 57.9 cm³/mol. The molecule has 1 atom stereocenters. The summed E-state index contributed by atoms with van der Waals surface area (Å²) in [5.74, 6) is 0.811. The lowest BCUT2D eigenvalue weighted by Gasteiger charge is -2.10. The van der Waals surface area contributed by atoms with Gasteiger partial charge in [-0.25, -0.2) is 4.98 Å². The van der Waals surface area contributed by atoms with E-state index < -0.39 is 6.10 Å². The zero-order valence-corrected chi connectivity index (χ0v) is 9.47. The summed E-state index contributed by atoms with van der Waals surface area (Å²) >= 11 is 0. The third kappa shape index (κ3) is 3.83. The van der Waals surface area contributed by atoms with E-state index in [9.17, 15) is 5.11 Å². The molecule has 4 heteroatoms. The highest BCUT2D eigenvalue weighted by Crippen LogP contribution is 2.13. The van der Waals surface area contributed by atoms with Crippen LogP contribution in [0.4, 0.5) is 0 Å². The van der Waals surface area contributed by atoms with E-state index in [-0.39, 0.29) is 6.61 Å². The molecule has 84 valence electrons. The Morgan fingerprint density at radius 2 is 2.13 bits per heavy atom. The monoisotopic (exact) mass is 210 g/mol. The van der Waals surface area contributed by atoms with Gasteiger partial charge in [-0.05, 0) is 12.3 Å². The van der Waals surface area contributed by atoms with Gasteiger partial charge in [0.25, 0.3) is 0 Å². The van der Waals surface area contributed by atoms with Crippen molar-refractivity contribution in [2.75, 3.05) is 6.61 Å². The molecule has 4 nitrogen and oxygen atoms in total. The maximum absolute atomic E-state index is 9.32. The number of aliphatic hydroxyl groups excluding tert-OH is 1.